The number of nitrogens with one attached hydrogen (secondary N) is 1. The number of Topliss-reactive ketones (excluding diaryl/α,β-unsaturated/α-hetero) is 1. The summed E-state index contributed by atoms with van der Waals surface area (Å²) in [5.41, 5.74) is 7.25. The number of benzene rings is 2. The van der Waals surface area contributed by atoms with Gasteiger partial charge in [-0.05, 0) is 55.0 Å². The number of ketones is 1. The normalized spacial score (nSPS) is 10.3. The summed E-state index contributed by atoms with van der Waals surface area (Å²) < 4.78 is 18.6. The second kappa shape index (κ2) is 7.56. The molecule has 4 nitrogen and oxygen atoms in total. The second-order valence-electron chi connectivity index (χ2n) is 4.92. The lowest BCUT2D eigenvalue weighted by Crippen LogP contribution is -2.13. The van der Waals surface area contributed by atoms with Gasteiger partial charge < -0.3 is 15.8 Å². The molecule has 0 aliphatic rings. The highest BCUT2D eigenvalue weighted by molar-refractivity contribution is 5.97. The average Bonchev–Trinajstić information content (AvgIpc) is 2.54. The van der Waals surface area contributed by atoms with Crippen LogP contribution >= 0.6 is 0 Å². The number of rotatable bonds is 7. The predicted molar refractivity (Wildman–Crippen MR) is 84.9 cm³/mol. The Morgan fingerprint density at radius 1 is 1.23 bits per heavy atom. The zero-order chi connectivity index (χ0) is 15.9. The first-order valence-corrected chi connectivity index (χ1v) is 7.06. The van der Waals surface area contributed by atoms with Crippen molar-refractivity contribution in [3.8, 4) is 5.75 Å². The van der Waals surface area contributed by atoms with Crippen molar-refractivity contribution in [3.05, 3.63) is 59.4 Å². The molecule has 5 heteroatoms. The zero-order valence-corrected chi connectivity index (χ0v) is 12.4. The van der Waals surface area contributed by atoms with Crippen LogP contribution < -0.4 is 15.8 Å². The second-order valence-corrected chi connectivity index (χ2v) is 4.92. The monoisotopic (exact) mass is 302 g/mol. The fourth-order valence-electron chi connectivity index (χ4n) is 1.94. The molecule has 0 aromatic heterocycles. The fraction of sp³-hybridized carbons (Fsp3) is 0.235. The summed E-state index contributed by atoms with van der Waals surface area (Å²) in [5.74, 6) is 0.0944. The summed E-state index contributed by atoms with van der Waals surface area (Å²) in [7, 11) is 0. The summed E-state index contributed by atoms with van der Waals surface area (Å²) in [5, 5.41) is 3.14. The minimum atomic E-state index is -0.321. The highest BCUT2D eigenvalue weighted by Crippen LogP contribution is 2.16. The fourth-order valence-corrected chi connectivity index (χ4v) is 1.94. The molecule has 2 aromatic rings. The molecule has 0 saturated heterocycles. The van der Waals surface area contributed by atoms with Gasteiger partial charge in [0.1, 0.15) is 11.6 Å². The van der Waals surface area contributed by atoms with Crippen molar-refractivity contribution in [3.63, 3.8) is 0 Å². The maximum atomic E-state index is 13.2. The lowest BCUT2D eigenvalue weighted by Gasteiger charge is -2.08. The van der Waals surface area contributed by atoms with Gasteiger partial charge in [0, 0.05) is 24.3 Å². The maximum absolute atomic E-state index is 13.2. The highest BCUT2D eigenvalue weighted by atomic mass is 19.1. The summed E-state index contributed by atoms with van der Waals surface area (Å²) in [6, 6.07) is 11.6. The van der Waals surface area contributed by atoms with E-state index in [0.717, 1.165) is 5.69 Å². The Hall–Kier alpha value is -2.40. The third-order valence-corrected chi connectivity index (χ3v) is 3.18. The number of hydrogen-bond donors (Lipinski definition) is 2. The maximum Gasteiger partial charge on any atom is 0.200 e. The van der Waals surface area contributed by atoms with E-state index in [1.165, 1.54) is 18.2 Å². The summed E-state index contributed by atoms with van der Waals surface area (Å²) >= 11 is 0. The Bertz CT molecular complexity index is 642. The van der Waals surface area contributed by atoms with Crippen molar-refractivity contribution in [1.29, 1.82) is 0 Å². The van der Waals surface area contributed by atoms with E-state index in [0.29, 0.717) is 30.0 Å². The van der Waals surface area contributed by atoms with Crippen LogP contribution in [0.5, 0.6) is 5.75 Å². The van der Waals surface area contributed by atoms with Crippen molar-refractivity contribution in [2.24, 2.45) is 5.73 Å². The molecule has 0 heterocycles. The van der Waals surface area contributed by atoms with Crippen molar-refractivity contribution >= 4 is 11.5 Å². The molecular formula is C17H19FN2O2. The number of ether oxygens (including phenoxy) is 1. The molecule has 2 rings (SSSR count). The van der Waals surface area contributed by atoms with Gasteiger partial charge >= 0.3 is 0 Å². The third-order valence-electron chi connectivity index (χ3n) is 3.18. The summed E-state index contributed by atoms with van der Waals surface area (Å²) in [6.45, 7) is 2.80. The van der Waals surface area contributed by atoms with E-state index in [1.807, 2.05) is 12.1 Å². The Morgan fingerprint density at radius 3 is 2.59 bits per heavy atom. The van der Waals surface area contributed by atoms with Crippen LogP contribution in [0.4, 0.5) is 10.1 Å². The first kappa shape index (κ1) is 16.0. The average molecular weight is 302 g/mol. The molecule has 0 aliphatic carbocycles. The molecule has 0 aliphatic heterocycles. The molecular weight excluding hydrogens is 283 g/mol. The molecule has 0 unspecified atom stereocenters. The van der Waals surface area contributed by atoms with Gasteiger partial charge in [0.25, 0.3) is 0 Å². The van der Waals surface area contributed by atoms with Crippen molar-refractivity contribution in [2.45, 2.75) is 6.92 Å². The van der Waals surface area contributed by atoms with E-state index in [-0.39, 0.29) is 18.2 Å². The lowest BCUT2D eigenvalue weighted by molar-refractivity contribution is 0.0921. The van der Waals surface area contributed by atoms with Gasteiger partial charge in [-0.1, -0.05) is 0 Å². The van der Waals surface area contributed by atoms with Crippen LogP contribution in [0, 0.1) is 12.7 Å². The van der Waals surface area contributed by atoms with E-state index in [9.17, 15) is 9.18 Å². The van der Waals surface area contributed by atoms with Gasteiger partial charge in [-0.15, -0.1) is 0 Å². The van der Waals surface area contributed by atoms with Gasteiger partial charge in [0.2, 0.25) is 0 Å². The lowest BCUT2D eigenvalue weighted by atomic mass is 10.1. The van der Waals surface area contributed by atoms with Gasteiger partial charge in [-0.2, -0.15) is 0 Å². The Balaban J connectivity index is 1.91. The Labute approximate surface area is 129 Å². The Kier molecular flexibility index (Phi) is 5.49. The van der Waals surface area contributed by atoms with Crippen LogP contribution in [-0.4, -0.2) is 25.5 Å². The van der Waals surface area contributed by atoms with Crippen LogP contribution in [-0.2, 0) is 0 Å². The number of carbonyl (C=O) groups excluding carboxylic acids is 1. The van der Waals surface area contributed by atoms with E-state index in [4.69, 9.17) is 10.5 Å². The number of anilines is 1. The van der Waals surface area contributed by atoms with E-state index in [2.05, 4.69) is 5.32 Å². The SMILES string of the molecule is Cc1cc(C(=O)COc2ccc(NCCN)cc2)ccc1F. The van der Waals surface area contributed by atoms with Gasteiger partial charge in [-0.25, -0.2) is 4.39 Å². The van der Waals surface area contributed by atoms with Crippen molar-refractivity contribution in [2.75, 3.05) is 25.0 Å². The molecule has 0 saturated carbocycles. The van der Waals surface area contributed by atoms with E-state index < -0.39 is 0 Å². The van der Waals surface area contributed by atoms with E-state index in [1.54, 1.807) is 19.1 Å². The zero-order valence-electron chi connectivity index (χ0n) is 12.4. The smallest absolute Gasteiger partial charge is 0.200 e. The molecule has 0 bridgehead atoms. The Morgan fingerprint density at radius 2 is 1.95 bits per heavy atom. The summed E-state index contributed by atoms with van der Waals surface area (Å²) in [4.78, 5) is 12.0. The predicted octanol–water partition coefficient (Wildman–Crippen LogP) is 2.77. The van der Waals surface area contributed by atoms with Crippen LogP contribution in [0.2, 0.25) is 0 Å². The van der Waals surface area contributed by atoms with Gasteiger partial charge in [0.05, 0.1) is 0 Å². The van der Waals surface area contributed by atoms with Crippen LogP contribution in [0.3, 0.4) is 0 Å². The molecule has 3 N–H and O–H groups in total. The summed E-state index contributed by atoms with van der Waals surface area (Å²) in [6.07, 6.45) is 0. The first-order valence-electron chi connectivity index (χ1n) is 7.06. The number of hydrogen-bond acceptors (Lipinski definition) is 4. The minimum absolute atomic E-state index is 0.0827. The molecule has 0 spiro atoms. The molecule has 116 valence electrons. The molecule has 2 aromatic carbocycles. The molecule has 0 radical (unpaired) electrons. The molecule has 0 atom stereocenters. The quantitative estimate of drug-likeness (QED) is 0.772. The number of halogens is 1. The van der Waals surface area contributed by atoms with Crippen LogP contribution in [0.1, 0.15) is 15.9 Å². The van der Waals surface area contributed by atoms with Crippen molar-refractivity contribution < 1.29 is 13.9 Å². The number of nitrogens with two attached hydrogens (primary N) is 1. The topological polar surface area (TPSA) is 64.3 Å². The molecule has 0 fully saturated rings. The van der Waals surface area contributed by atoms with Crippen molar-refractivity contribution in [1.82, 2.24) is 0 Å². The standard InChI is InChI=1S/C17H19FN2O2/c1-12-10-13(2-7-16(12)18)17(21)11-22-15-5-3-14(4-6-15)20-9-8-19/h2-7,10,20H,8-9,11,19H2,1H3. The first-order chi connectivity index (χ1) is 10.6. The highest BCUT2D eigenvalue weighted by Gasteiger charge is 2.09. The molecule has 0 amide bonds. The number of carbonyl (C=O) groups is 1. The van der Waals surface area contributed by atoms with Gasteiger partial charge in [-0.3, -0.25) is 4.79 Å². The van der Waals surface area contributed by atoms with Crippen LogP contribution in [0.25, 0.3) is 0 Å². The largest absolute Gasteiger partial charge is 0.485 e. The van der Waals surface area contributed by atoms with Crippen LogP contribution in [0.15, 0.2) is 42.5 Å². The number of aryl methyl sites for hydroxylation is 1. The van der Waals surface area contributed by atoms with Gasteiger partial charge in [0.15, 0.2) is 12.4 Å². The molecule has 22 heavy (non-hydrogen) atoms. The van der Waals surface area contributed by atoms with E-state index >= 15 is 0 Å². The third kappa shape index (κ3) is 4.30. The minimum Gasteiger partial charge on any atom is -0.485 e.